The number of hydrogen-bond acceptors (Lipinski definition) is 2. The second-order valence-electron chi connectivity index (χ2n) is 4.64. The van der Waals surface area contributed by atoms with E-state index in [2.05, 4.69) is 10.5 Å². The van der Waals surface area contributed by atoms with Crippen molar-refractivity contribution in [2.45, 2.75) is 13.3 Å². The molecule has 1 heterocycles. The van der Waals surface area contributed by atoms with Gasteiger partial charge in [0.25, 0.3) is 0 Å². The first-order chi connectivity index (χ1) is 9.97. The lowest BCUT2D eigenvalue weighted by atomic mass is 10.1. The Hall–Kier alpha value is -1.78. The number of carbonyl (C=O) groups is 1. The number of amides is 1. The Bertz CT molecular complexity index is 692. The third kappa shape index (κ3) is 4.09. The highest BCUT2D eigenvalue weighted by atomic mass is 35.5. The summed E-state index contributed by atoms with van der Waals surface area (Å²) in [7, 11) is 1.89. The van der Waals surface area contributed by atoms with Crippen molar-refractivity contribution in [1.82, 2.24) is 9.99 Å². The summed E-state index contributed by atoms with van der Waals surface area (Å²) in [5.41, 5.74) is 4.81. The van der Waals surface area contributed by atoms with Crippen LogP contribution in [0.3, 0.4) is 0 Å². The van der Waals surface area contributed by atoms with Gasteiger partial charge in [0.15, 0.2) is 0 Å². The van der Waals surface area contributed by atoms with Crippen molar-refractivity contribution < 1.29 is 4.79 Å². The molecule has 2 aromatic rings. The minimum atomic E-state index is -0.179. The number of nitrogens with zero attached hydrogens (tertiary/aromatic N) is 2. The van der Waals surface area contributed by atoms with Crippen LogP contribution in [0.5, 0.6) is 0 Å². The Morgan fingerprint density at radius 3 is 2.71 bits per heavy atom. The molecule has 0 atom stereocenters. The lowest BCUT2D eigenvalue weighted by Crippen LogP contribution is -2.22. The fourth-order valence-corrected chi connectivity index (χ4v) is 2.42. The van der Waals surface area contributed by atoms with Crippen molar-refractivity contribution in [3.05, 3.63) is 57.8 Å². The molecule has 1 aromatic heterocycles. The Morgan fingerprint density at radius 2 is 2.10 bits per heavy atom. The van der Waals surface area contributed by atoms with Crippen LogP contribution in [0.2, 0.25) is 10.0 Å². The molecule has 0 aliphatic rings. The third-order valence-electron chi connectivity index (χ3n) is 3.06. The van der Waals surface area contributed by atoms with Crippen LogP contribution in [-0.4, -0.2) is 16.2 Å². The second-order valence-corrected chi connectivity index (χ2v) is 5.49. The van der Waals surface area contributed by atoms with Crippen molar-refractivity contribution in [2.75, 3.05) is 0 Å². The Morgan fingerprint density at radius 1 is 1.33 bits per heavy atom. The van der Waals surface area contributed by atoms with E-state index in [9.17, 15) is 4.79 Å². The summed E-state index contributed by atoms with van der Waals surface area (Å²) in [5.74, 6) is -0.179. The molecule has 1 N–H and O–H groups in total. The molecule has 1 aromatic carbocycles. The number of nitrogens with one attached hydrogen (secondary N) is 1. The molecule has 4 nitrogen and oxygen atoms in total. The number of carbonyl (C=O) groups excluding carboxylic acids is 1. The number of rotatable bonds is 4. The van der Waals surface area contributed by atoms with Gasteiger partial charge in [0.2, 0.25) is 5.91 Å². The van der Waals surface area contributed by atoms with Crippen molar-refractivity contribution in [3.63, 3.8) is 0 Å². The standard InChI is InChI=1S/C15H15Cl2N3O/c1-10(13-6-5-11(16)8-14(13)17)18-19-15(21)9-12-4-3-7-20(12)2/h3-8H,9H2,1-2H3,(H,19,21)/b18-10+. The monoisotopic (exact) mass is 323 g/mol. The maximum absolute atomic E-state index is 11.9. The van der Waals surface area contributed by atoms with Gasteiger partial charge in [-0.1, -0.05) is 29.3 Å². The van der Waals surface area contributed by atoms with Crippen LogP contribution in [0, 0.1) is 0 Å². The van der Waals surface area contributed by atoms with E-state index in [1.807, 2.05) is 29.9 Å². The Kier molecular flexibility index (Phi) is 5.04. The van der Waals surface area contributed by atoms with Crippen molar-refractivity contribution in [3.8, 4) is 0 Å². The van der Waals surface area contributed by atoms with Crippen LogP contribution in [0.25, 0.3) is 0 Å². The normalized spacial score (nSPS) is 11.5. The van der Waals surface area contributed by atoms with Gasteiger partial charge in [-0.3, -0.25) is 4.79 Å². The van der Waals surface area contributed by atoms with E-state index < -0.39 is 0 Å². The van der Waals surface area contributed by atoms with Crippen molar-refractivity contribution in [2.24, 2.45) is 12.1 Å². The summed E-state index contributed by atoms with van der Waals surface area (Å²) in [6.45, 7) is 1.78. The molecule has 21 heavy (non-hydrogen) atoms. The fourth-order valence-electron chi connectivity index (χ4n) is 1.87. The predicted molar refractivity (Wildman–Crippen MR) is 85.9 cm³/mol. The van der Waals surface area contributed by atoms with E-state index in [0.717, 1.165) is 11.3 Å². The molecule has 0 spiro atoms. The summed E-state index contributed by atoms with van der Waals surface area (Å²) < 4.78 is 1.90. The summed E-state index contributed by atoms with van der Waals surface area (Å²) in [5, 5.41) is 5.14. The molecule has 0 bridgehead atoms. The zero-order valence-corrected chi connectivity index (χ0v) is 13.2. The highest BCUT2D eigenvalue weighted by molar-refractivity contribution is 6.37. The fraction of sp³-hybridized carbons (Fsp3) is 0.200. The maximum atomic E-state index is 11.9. The molecule has 0 aliphatic heterocycles. The number of aryl methyl sites for hydroxylation is 1. The van der Waals surface area contributed by atoms with Gasteiger partial charge >= 0.3 is 0 Å². The van der Waals surface area contributed by atoms with Gasteiger partial charge in [0, 0.05) is 29.5 Å². The van der Waals surface area contributed by atoms with Gasteiger partial charge in [-0.25, -0.2) is 5.43 Å². The number of benzene rings is 1. The first-order valence-electron chi connectivity index (χ1n) is 6.36. The van der Waals surface area contributed by atoms with Crippen LogP contribution < -0.4 is 5.43 Å². The molecular formula is C15H15Cl2N3O. The molecular weight excluding hydrogens is 309 g/mol. The van der Waals surface area contributed by atoms with Gasteiger partial charge in [0.1, 0.15) is 0 Å². The lowest BCUT2D eigenvalue weighted by molar-refractivity contribution is -0.120. The van der Waals surface area contributed by atoms with Gasteiger partial charge in [-0.05, 0) is 31.2 Å². The molecule has 0 aliphatic carbocycles. The van der Waals surface area contributed by atoms with E-state index in [0.29, 0.717) is 15.8 Å². The summed E-state index contributed by atoms with van der Waals surface area (Å²) in [4.78, 5) is 11.9. The first-order valence-corrected chi connectivity index (χ1v) is 7.11. The van der Waals surface area contributed by atoms with E-state index in [1.54, 1.807) is 25.1 Å². The Balaban J connectivity index is 2.03. The van der Waals surface area contributed by atoms with Crippen LogP contribution in [-0.2, 0) is 18.3 Å². The van der Waals surface area contributed by atoms with E-state index in [-0.39, 0.29) is 12.3 Å². The average Bonchev–Trinajstić information content (AvgIpc) is 2.81. The summed E-state index contributed by atoms with van der Waals surface area (Å²) >= 11 is 11.9. The number of hydrogen-bond donors (Lipinski definition) is 1. The quantitative estimate of drug-likeness (QED) is 0.680. The minimum Gasteiger partial charge on any atom is -0.354 e. The van der Waals surface area contributed by atoms with Crippen LogP contribution in [0.15, 0.2) is 41.6 Å². The molecule has 0 unspecified atom stereocenters. The zero-order valence-electron chi connectivity index (χ0n) is 11.7. The van der Waals surface area contributed by atoms with Gasteiger partial charge in [0.05, 0.1) is 17.2 Å². The van der Waals surface area contributed by atoms with Gasteiger partial charge < -0.3 is 4.57 Å². The largest absolute Gasteiger partial charge is 0.354 e. The molecule has 110 valence electrons. The van der Waals surface area contributed by atoms with Gasteiger partial charge in [-0.2, -0.15) is 5.10 Å². The molecule has 0 fully saturated rings. The molecule has 0 saturated carbocycles. The number of aromatic nitrogens is 1. The van der Waals surface area contributed by atoms with Crippen LogP contribution >= 0.6 is 23.2 Å². The maximum Gasteiger partial charge on any atom is 0.246 e. The van der Waals surface area contributed by atoms with Crippen molar-refractivity contribution in [1.29, 1.82) is 0 Å². The number of hydrazone groups is 1. The van der Waals surface area contributed by atoms with Crippen LogP contribution in [0.4, 0.5) is 0 Å². The zero-order chi connectivity index (χ0) is 15.4. The highest BCUT2D eigenvalue weighted by Gasteiger charge is 2.07. The minimum absolute atomic E-state index is 0.179. The summed E-state index contributed by atoms with van der Waals surface area (Å²) in [6.07, 6.45) is 2.17. The smallest absolute Gasteiger partial charge is 0.246 e. The number of halogens is 2. The van der Waals surface area contributed by atoms with E-state index in [1.165, 1.54) is 0 Å². The third-order valence-corrected chi connectivity index (χ3v) is 3.61. The van der Waals surface area contributed by atoms with Crippen molar-refractivity contribution >= 4 is 34.8 Å². The SMILES string of the molecule is C/C(=N\NC(=O)Cc1cccn1C)c1ccc(Cl)cc1Cl. The molecule has 6 heteroatoms. The topological polar surface area (TPSA) is 46.4 Å². The lowest BCUT2D eigenvalue weighted by Gasteiger charge is -2.06. The van der Waals surface area contributed by atoms with Gasteiger partial charge in [-0.15, -0.1) is 0 Å². The molecule has 1 amide bonds. The highest BCUT2D eigenvalue weighted by Crippen LogP contribution is 2.21. The van der Waals surface area contributed by atoms with E-state index in [4.69, 9.17) is 23.2 Å². The Labute approximate surface area is 133 Å². The second kappa shape index (κ2) is 6.78. The summed E-state index contributed by atoms with van der Waals surface area (Å²) in [6, 6.07) is 8.93. The molecule has 2 rings (SSSR count). The predicted octanol–water partition coefficient (Wildman–Crippen LogP) is 3.41. The van der Waals surface area contributed by atoms with E-state index >= 15 is 0 Å². The van der Waals surface area contributed by atoms with Crippen LogP contribution in [0.1, 0.15) is 18.2 Å². The average molecular weight is 324 g/mol. The molecule has 0 radical (unpaired) electrons. The first kappa shape index (κ1) is 15.6. The molecule has 0 saturated heterocycles.